The molecule has 6 heteroatoms. The summed E-state index contributed by atoms with van der Waals surface area (Å²) in [5.41, 5.74) is -0.399. The van der Waals surface area contributed by atoms with Crippen molar-refractivity contribution in [3.63, 3.8) is 0 Å². The Bertz CT molecular complexity index is 519. The minimum absolute atomic E-state index is 0.0792. The lowest BCUT2D eigenvalue weighted by molar-refractivity contribution is -0.142. The van der Waals surface area contributed by atoms with E-state index in [-0.39, 0.29) is 6.61 Å². The van der Waals surface area contributed by atoms with E-state index in [1.807, 2.05) is 6.07 Å². The second-order valence-corrected chi connectivity index (χ2v) is 4.55. The number of carboxylic acid groups (broad SMARTS) is 1. The maximum atomic E-state index is 11.3. The first-order valence-electron chi connectivity index (χ1n) is 5.36. The molecule has 18 heavy (non-hydrogen) atoms. The van der Waals surface area contributed by atoms with E-state index >= 15 is 0 Å². The van der Waals surface area contributed by atoms with E-state index in [4.69, 9.17) is 21.6 Å². The van der Waals surface area contributed by atoms with Crippen LogP contribution in [0.25, 0.3) is 0 Å². The molecule has 1 unspecified atom stereocenters. The average Bonchev–Trinajstić information content (AvgIpc) is 2.81. The standard InChI is InChI=1S/C12H11ClN2O3/c13-9-1-2-10(8(5-9)6-14)15-12(11(16)17)3-4-18-7-12/h1-2,5,15H,3-4,7H2,(H,16,17). The molecular weight excluding hydrogens is 256 g/mol. The lowest BCUT2D eigenvalue weighted by Crippen LogP contribution is -2.47. The van der Waals surface area contributed by atoms with Crippen LogP contribution in [0.4, 0.5) is 5.69 Å². The number of hydrogen-bond donors (Lipinski definition) is 2. The van der Waals surface area contributed by atoms with Crippen molar-refractivity contribution < 1.29 is 14.6 Å². The van der Waals surface area contributed by atoms with Gasteiger partial charge >= 0.3 is 5.97 Å². The Morgan fingerprint density at radius 2 is 2.39 bits per heavy atom. The lowest BCUT2D eigenvalue weighted by Gasteiger charge is -2.25. The Hall–Kier alpha value is -1.77. The van der Waals surface area contributed by atoms with Crippen molar-refractivity contribution in [1.82, 2.24) is 0 Å². The van der Waals surface area contributed by atoms with Crippen LogP contribution in [0.3, 0.4) is 0 Å². The highest BCUT2D eigenvalue weighted by Crippen LogP contribution is 2.28. The van der Waals surface area contributed by atoms with Crippen LogP contribution in [0.15, 0.2) is 18.2 Å². The van der Waals surface area contributed by atoms with Gasteiger partial charge in [0.05, 0.1) is 17.9 Å². The van der Waals surface area contributed by atoms with E-state index < -0.39 is 11.5 Å². The van der Waals surface area contributed by atoms with Crippen LogP contribution < -0.4 is 5.32 Å². The van der Waals surface area contributed by atoms with E-state index in [1.165, 1.54) is 6.07 Å². The molecule has 0 aliphatic carbocycles. The maximum Gasteiger partial charge on any atom is 0.331 e. The van der Waals surface area contributed by atoms with Crippen LogP contribution in [-0.4, -0.2) is 29.8 Å². The van der Waals surface area contributed by atoms with Crippen LogP contribution in [0, 0.1) is 11.3 Å². The fourth-order valence-electron chi connectivity index (χ4n) is 1.86. The van der Waals surface area contributed by atoms with E-state index in [0.29, 0.717) is 29.3 Å². The molecule has 0 aromatic heterocycles. The molecule has 1 saturated heterocycles. The molecule has 1 aliphatic rings. The highest BCUT2D eigenvalue weighted by molar-refractivity contribution is 6.30. The van der Waals surface area contributed by atoms with Gasteiger partial charge in [0.1, 0.15) is 6.07 Å². The summed E-state index contributed by atoms with van der Waals surface area (Å²) < 4.78 is 5.14. The first kappa shape index (κ1) is 12.7. The lowest BCUT2D eigenvalue weighted by atomic mass is 9.98. The topological polar surface area (TPSA) is 82.4 Å². The predicted octanol–water partition coefficient (Wildman–Crippen LogP) is 1.87. The summed E-state index contributed by atoms with van der Waals surface area (Å²) in [5, 5.41) is 21.6. The van der Waals surface area contributed by atoms with Crippen LogP contribution in [-0.2, 0) is 9.53 Å². The molecule has 94 valence electrons. The van der Waals surface area contributed by atoms with Gasteiger partial charge in [0.2, 0.25) is 0 Å². The number of nitrogens with zero attached hydrogens (tertiary/aromatic N) is 1. The Morgan fingerprint density at radius 3 is 2.94 bits per heavy atom. The number of halogens is 1. The normalized spacial score (nSPS) is 22.4. The summed E-state index contributed by atoms with van der Waals surface area (Å²) in [5.74, 6) is -0.987. The number of ether oxygens (including phenoxy) is 1. The van der Waals surface area contributed by atoms with Gasteiger partial charge in [0.25, 0.3) is 0 Å². The number of benzene rings is 1. The number of hydrogen-bond acceptors (Lipinski definition) is 4. The summed E-state index contributed by atoms with van der Waals surface area (Å²) in [6.45, 7) is 0.463. The third-order valence-electron chi connectivity index (χ3n) is 2.91. The molecule has 0 amide bonds. The number of nitrogens with one attached hydrogen (secondary N) is 1. The molecule has 1 aromatic carbocycles. The Balaban J connectivity index is 2.33. The Morgan fingerprint density at radius 1 is 1.61 bits per heavy atom. The van der Waals surface area contributed by atoms with Crippen molar-refractivity contribution in [2.45, 2.75) is 12.0 Å². The van der Waals surface area contributed by atoms with Crippen LogP contribution in [0.2, 0.25) is 5.02 Å². The molecule has 0 saturated carbocycles. The molecular formula is C12H11ClN2O3. The molecule has 1 atom stereocenters. The molecule has 1 heterocycles. The van der Waals surface area contributed by atoms with E-state index in [1.54, 1.807) is 12.1 Å². The van der Waals surface area contributed by atoms with Gasteiger partial charge in [-0.15, -0.1) is 0 Å². The van der Waals surface area contributed by atoms with Crippen molar-refractivity contribution in [2.24, 2.45) is 0 Å². The van der Waals surface area contributed by atoms with Crippen LogP contribution in [0.1, 0.15) is 12.0 Å². The van der Waals surface area contributed by atoms with E-state index in [0.717, 1.165) is 0 Å². The van der Waals surface area contributed by atoms with Gasteiger partial charge in [0.15, 0.2) is 5.54 Å². The monoisotopic (exact) mass is 266 g/mol. The number of carbonyl (C=O) groups is 1. The summed E-state index contributed by atoms with van der Waals surface area (Å²) in [7, 11) is 0. The maximum absolute atomic E-state index is 11.3. The Kier molecular flexibility index (Phi) is 3.41. The predicted molar refractivity (Wildman–Crippen MR) is 65.6 cm³/mol. The fourth-order valence-corrected chi connectivity index (χ4v) is 2.03. The highest BCUT2D eigenvalue weighted by Gasteiger charge is 2.42. The molecule has 1 aromatic rings. The molecule has 2 rings (SSSR count). The van der Waals surface area contributed by atoms with Crippen LogP contribution in [0.5, 0.6) is 0 Å². The smallest absolute Gasteiger partial charge is 0.331 e. The van der Waals surface area contributed by atoms with Gasteiger partial charge in [-0.25, -0.2) is 4.79 Å². The fraction of sp³-hybridized carbons (Fsp3) is 0.333. The van der Waals surface area contributed by atoms with Crippen LogP contribution >= 0.6 is 11.6 Å². The quantitative estimate of drug-likeness (QED) is 0.873. The second-order valence-electron chi connectivity index (χ2n) is 4.12. The number of anilines is 1. The van der Waals surface area contributed by atoms with Gasteiger partial charge in [-0.05, 0) is 18.2 Å². The molecule has 0 spiro atoms. The molecule has 5 nitrogen and oxygen atoms in total. The number of nitriles is 1. The third kappa shape index (κ3) is 2.26. The van der Waals surface area contributed by atoms with Gasteiger partial charge in [-0.1, -0.05) is 11.6 Å². The van der Waals surface area contributed by atoms with Crippen molar-refractivity contribution in [3.8, 4) is 6.07 Å². The van der Waals surface area contributed by atoms with Crippen molar-refractivity contribution in [2.75, 3.05) is 18.5 Å². The number of carboxylic acids is 1. The molecule has 0 bridgehead atoms. The summed E-state index contributed by atoms with van der Waals surface area (Å²) in [6, 6.07) is 6.69. The SMILES string of the molecule is N#Cc1cc(Cl)ccc1NC1(C(=O)O)CCOC1. The van der Waals surface area contributed by atoms with Gasteiger partial charge in [-0.3, -0.25) is 0 Å². The zero-order chi connectivity index (χ0) is 13.2. The zero-order valence-electron chi connectivity index (χ0n) is 9.44. The molecule has 0 radical (unpaired) electrons. The summed E-state index contributed by atoms with van der Waals surface area (Å²) in [6.07, 6.45) is 0.357. The van der Waals surface area contributed by atoms with E-state index in [9.17, 15) is 9.90 Å². The second kappa shape index (κ2) is 4.84. The van der Waals surface area contributed by atoms with Gasteiger partial charge in [-0.2, -0.15) is 5.26 Å². The molecule has 2 N–H and O–H groups in total. The van der Waals surface area contributed by atoms with Gasteiger partial charge in [0, 0.05) is 18.1 Å². The van der Waals surface area contributed by atoms with Crippen molar-refractivity contribution in [3.05, 3.63) is 28.8 Å². The first-order chi connectivity index (χ1) is 8.57. The van der Waals surface area contributed by atoms with Crippen molar-refractivity contribution in [1.29, 1.82) is 5.26 Å². The van der Waals surface area contributed by atoms with Gasteiger partial charge < -0.3 is 15.2 Å². The summed E-state index contributed by atoms with van der Waals surface area (Å²) >= 11 is 5.79. The number of rotatable bonds is 3. The largest absolute Gasteiger partial charge is 0.479 e. The first-order valence-corrected chi connectivity index (χ1v) is 5.74. The number of aliphatic carboxylic acids is 1. The molecule has 1 aliphatic heterocycles. The minimum atomic E-state index is -1.17. The third-order valence-corrected chi connectivity index (χ3v) is 3.14. The summed E-state index contributed by atoms with van der Waals surface area (Å²) in [4.78, 5) is 11.3. The van der Waals surface area contributed by atoms with E-state index in [2.05, 4.69) is 5.32 Å². The minimum Gasteiger partial charge on any atom is -0.479 e. The molecule has 1 fully saturated rings. The Labute approximate surface area is 109 Å². The average molecular weight is 267 g/mol. The van der Waals surface area contributed by atoms with Crippen molar-refractivity contribution >= 4 is 23.3 Å². The highest BCUT2D eigenvalue weighted by atomic mass is 35.5. The zero-order valence-corrected chi connectivity index (χ0v) is 10.2.